The summed E-state index contributed by atoms with van der Waals surface area (Å²) in [5.74, 6) is -4.62. The molecule has 1 aliphatic rings. The third-order valence-electron chi connectivity index (χ3n) is 6.66. The number of anilines is 2. The molecule has 1 amide bonds. The van der Waals surface area contributed by atoms with Gasteiger partial charge in [-0.25, -0.2) is 9.97 Å². The van der Waals surface area contributed by atoms with Gasteiger partial charge in [-0.15, -0.1) is 0 Å². The Morgan fingerprint density at radius 3 is 2.45 bits per heavy atom. The van der Waals surface area contributed by atoms with E-state index in [4.69, 9.17) is 11.6 Å². The summed E-state index contributed by atoms with van der Waals surface area (Å²) in [6.45, 7) is 1.01. The van der Waals surface area contributed by atoms with Crippen molar-refractivity contribution in [2.75, 3.05) is 17.7 Å². The highest BCUT2D eigenvalue weighted by molar-refractivity contribution is 6.31. The number of nitrogens with zero attached hydrogens (tertiary/aromatic N) is 4. The Balaban J connectivity index is 1.63. The lowest BCUT2D eigenvalue weighted by Gasteiger charge is -2.24. The van der Waals surface area contributed by atoms with Gasteiger partial charge in [-0.2, -0.15) is 27.1 Å². The molecule has 198 valence electrons. The van der Waals surface area contributed by atoms with E-state index in [1.807, 2.05) is 30.3 Å². The van der Waals surface area contributed by atoms with Gasteiger partial charge in [0.1, 0.15) is 22.7 Å². The summed E-state index contributed by atoms with van der Waals surface area (Å²) in [5.41, 5.74) is 0.495. The van der Waals surface area contributed by atoms with Crippen molar-refractivity contribution in [2.45, 2.75) is 37.4 Å². The molecular formula is C25H20ClF5N6O. The Morgan fingerprint density at radius 1 is 1.08 bits per heavy atom. The maximum atomic E-state index is 13.7. The van der Waals surface area contributed by atoms with Crippen LogP contribution >= 0.6 is 11.6 Å². The first kappa shape index (κ1) is 25.8. The van der Waals surface area contributed by atoms with Crippen LogP contribution < -0.4 is 10.6 Å². The first-order chi connectivity index (χ1) is 17.9. The van der Waals surface area contributed by atoms with Gasteiger partial charge < -0.3 is 10.6 Å². The Bertz CT molecular complexity index is 1560. The van der Waals surface area contributed by atoms with E-state index in [2.05, 4.69) is 25.7 Å². The van der Waals surface area contributed by atoms with Gasteiger partial charge in [-0.05, 0) is 30.7 Å². The summed E-state index contributed by atoms with van der Waals surface area (Å²) < 4.78 is 66.6. The zero-order valence-corrected chi connectivity index (χ0v) is 20.8. The van der Waals surface area contributed by atoms with Crippen molar-refractivity contribution in [3.8, 4) is 11.5 Å². The molecule has 2 N–H and O–H groups in total. The maximum Gasteiger partial charge on any atom is 0.453 e. The van der Waals surface area contributed by atoms with E-state index >= 15 is 0 Å². The number of rotatable bonds is 6. The summed E-state index contributed by atoms with van der Waals surface area (Å²) >= 11 is 6.08. The largest absolute Gasteiger partial charge is 0.453 e. The van der Waals surface area contributed by atoms with Crippen molar-refractivity contribution in [1.29, 1.82) is 0 Å². The van der Waals surface area contributed by atoms with Crippen molar-refractivity contribution in [1.82, 2.24) is 19.7 Å². The van der Waals surface area contributed by atoms with Gasteiger partial charge in [-0.1, -0.05) is 41.9 Å². The van der Waals surface area contributed by atoms with Gasteiger partial charge in [0.25, 0.3) is 0 Å². The van der Waals surface area contributed by atoms with E-state index in [0.717, 1.165) is 10.2 Å². The highest BCUT2D eigenvalue weighted by Gasteiger charge is 2.56. The van der Waals surface area contributed by atoms with Gasteiger partial charge in [-0.3, -0.25) is 9.48 Å². The van der Waals surface area contributed by atoms with Crippen molar-refractivity contribution in [2.24, 2.45) is 0 Å². The van der Waals surface area contributed by atoms with Crippen molar-refractivity contribution < 1.29 is 26.7 Å². The van der Waals surface area contributed by atoms with Crippen molar-refractivity contribution in [3.05, 3.63) is 64.7 Å². The Morgan fingerprint density at radius 2 is 1.79 bits per heavy atom. The standard InChI is InChI=1S/C25H20ClF5N6O/c1-23(13-6-4-3-5-7-13)17-19(32-2)33-21(34-20(17)35-22(23)38)18-15-9-8-14(26)12-16(15)37(36-18)11-10-24(27,28)25(29,30)31/h3-9,12H,10-11H2,1-2H3,(H2,32,33,34,35,38). The van der Waals surface area contributed by atoms with Gasteiger partial charge in [0, 0.05) is 30.4 Å². The second-order valence-corrected chi connectivity index (χ2v) is 9.44. The highest BCUT2D eigenvalue weighted by Crippen LogP contribution is 2.46. The SMILES string of the molecule is CNc1nc(-c2nn(CCC(F)(F)C(F)(F)F)c3cc(Cl)ccc23)nc2c1C(C)(c1ccccc1)C(=O)N2. The number of benzene rings is 2. The lowest BCUT2D eigenvalue weighted by atomic mass is 9.78. The van der Waals surface area contributed by atoms with Crippen molar-refractivity contribution >= 4 is 40.0 Å². The van der Waals surface area contributed by atoms with Crippen LogP contribution in [0.3, 0.4) is 0 Å². The number of halogens is 6. The van der Waals surface area contributed by atoms with Crippen LogP contribution in [0.5, 0.6) is 0 Å². The zero-order valence-electron chi connectivity index (χ0n) is 20.0. The fraction of sp³-hybridized carbons (Fsp3) is 0.280. The number of hydrogen-bond acceptors (Lipinski definition) is 5. The quantitative estimate of drug-likeness (QED) is 0.286. The molecule has 1 atom stereocenters. The molecule has 1 unspecified atom stereocenters. The van der Waals surface area contributed by atoms with Gasteiger partial charge in [0.15, 0.2) is 5.82 Å². The molecule has 0 spiro atoms. The molecule has 0 aliphatic carbocycles. The summed E-state index contributed by atoms with van der Waals surface area (Å²) in [4.78, 5) is 22.3. The average Bonchev–Trinajstić information content (AvgIpc) is 3.36. The van der Waals surface area contributed by atoms with Crippen LogP contribution in [0.2, 0.25) is 5.02 Å². The minimum absolute atomic E-state index is 0.0411. The molecule has 0 saturated carbocycles. The van der Waals surface area contributed by atoms with Gasteiger partial charge in [0.2, 0.25) is 5.91 Å². The van der Waals surface area contributed by atoms with E-state index in [1.54, 1.807) is 20.0 Å². The second kappa shape index (κ2) is 8.90. The Hall–Kier alpha value is -3.80. The normalized spacial score (nSPS) is 17.5. The average molecular weight is 551 g/mol. The van der Waals surface area contributed by atoms with E-state index in [9.17, 15) is 26.7 Å². The zero-order chi connectivity index (χ0) is 27.5. The minimum atomic E-state index is -5.69. The summed E-state index contributed by atoms with van der Waals surface area (Å²) in [7, 11) is 1.62. The molecule has 0 saturated heterocycles. The molecule has 2 aromatic carbocycles. The van der Waals surface area contributed by atoms with E-state index in [-0.39, 0.29) is 33.8 Å². The lowest BCUT2D eigenvalue weighted by molar-refractivity contribution is -0.285. The first-order valence-corrected chi connectivity index (χ1v) is 11.8. The highest BCUT2D eigenvalue weighted by atomic mass is 35.5. The monoisotopic (exact) mass is 550 g/mol. The van der Waals surface area contributed by atoms with Crippen LogP contribution in [0.4, 0.5) is 33.6 Å². The first-order valence-electron chi connectivity index (χ1n) is 11.4. The summed E-state index contributed by atoms with van der Waals surface area (Å²) in [6, 6.07) is 13.6. The van der Waals surface area contributed by atoms with Gasteiger partial charge in [0.05, 0.1) is 11.1 Å². The van der Waals surface area contributed by atoms with Crippen LogP contribution in [0, 0.1) is 0 Å². The number of aromatic nitrogens is 4. The number of carbonyl (C=O) groups is 1. The molecule has 4 aromatic rings. The fourth-order valence-electron chi connectivity index (χ4n) is 4.58. The summed E-state index contributed by atoms with van der Waals surface area (Å²) in [5, 5.41) is 10.7. The maximum absolute atomic E-state index is 13.7. The Kier molecular flexibility index (Phi) is 6.05. The number of alkyl halides is 5. The third kappa shape index (κ3) is 4.03. The van der Waals surface area contributed by atoms with Crippen LogP contribution in [-0.4, -0.2) is 44.8 Å². The number of aryl methyl sites for hydroxylation is 1. The number of amides is 1. The molecule has 2 aromatic heterocycles. The number of fused-ring (bicyclic) bond motifs is 2. The molecule has 3 heterocycles. The predicted molar refractivity (Wildman–Crippen MR) is 132 cm³/mol. The van der Waals surface area contributed by atoms with Crippen LogP contribution in [0.1, 0.15) is 24.5 Å². The molecule has 7 nitrogen and oxygen atoms in total. The molecule has 38 heavy (non-hydrogen) atoms. The fourth-order valence-corrected chi connectivity index (χ4v) is 4.74. The molecule has 13 heteroatoms. The predicted octanol–water partition coefficient (Wildman–Crippen LogP) is 6.03. The number of hydrogen-bond donors (Lipinski definition) is 2. The van der Waals surface area contributed by atoms with Crippen molar-refractivity contribution in [3.63, 3.8) is 0 Å². The smallest absolute Gasteiger partial charge is 0.373 e. The second-order valence-electron chi connectivity index (χ2n) is 9.00. The molecular weight excluding hydrogens is 531 g/mol. The number of nitrogens with one attached hydrogen (secondary N) is 2. The van der Waals surface area contributed by atoms with Crippen LogP contribution in [0.25, 0.3) is 22.4 Å². The molecule has 0 radical (unpaired) electrons. The number of carbonyl (C=O) groups excluding carboxylic acids is 1. The molecule has 5 rings (SSSR count). The van der Waals surface area contributed by atoms with Crippen LogP contribution in [0.15, 0.2) is 48.5 Å². The van der Waals surface area contributed by atoms with Gasteiger partial charge >= 0.3 is 12.1 Å². The molecule has 0 fully saturated rings. The van der Waals surface area contributed by atoms with Crippen LogP contribution in [-0.2, 0) is 16.8 Å². The molecule has 0 bridgehead atoms. The van der Waals surface area contributed by atoms with E-state index < -0.39 is 30.5 Å². The third-order valence-corrected chi connectivity index (χ3v) is 6.90. The lowest BCUT2D eigenvalue weighted by Crippen LogP contribution is -2.37. The molecule has 1 aliphatic heterocycles. The van der Waals surface area contributed by atoms with E-state index in [0.29, 0.717) is 16.8 Å². The Labute approximate surface area is 218 Å². The minimum Gasteiger partial charge on any atom is -0.373 e. The summed E-state index contributed by atoms with van der Waals surface area (Å²) in [6.07, 6.45) is -7.21. The van der Waals surface area contributed by atoms with E-state index in [1.165, 1.54) is 12.1 Å². The topological polar surface area (TPSA) is 84.7 Å².